The van der Waals surface area contributed by atoms with Gasteiger partial charge in [0.2, 0.25) is 5.78 Å². The minimum Gasteiger partial charge on any atom is -0.453 e. The third-order valence-electron chi connectivity index (χ3n) is 5.01. The maximum absolute atomic E-state index is 12.9. The molecule has 0 fully saturated rings. The number of carbonyl (C=O) groups is 2. The molecule has 2 N–H and O–H groups in total. The Morgan fingerprint density at radius 1 is 1.12 bits per heavy atom. The van der Waals surface area contributed by atoms with Gasteiger partial charge in [0.15, 0.2) is 6.61 Å². The van der Waals surface area contributed by atoms with Gasteiger partial charge < -0.3 is 10.5 Å². The number of ketones is 1. The van der Waals surface area contributed by atoms with Gasteiger partial charge >= 0.3 is 11.7 Å². The molecule has 3 aromatic heterocycles. The highest BCUT2D eigenvalue weighted by atomic mass is 32.1. The van der Waals surface area contributed by atoms with Crippen molar-refractivity contribution in [2.24, 2.45) is 0 Å². The van der Waals surface area contributed by atoms with E-state index in [0.29, 0.717) is 5.69 Å². The van der Waals surface area contributed by atoms with Crippen molar-refractivity contribution in [2.75, 3.05) is 12.3 Å². The van der Waals surface area contributed by atoms with E-state index in [4.69, 9.17) is 10.5 Å². The van der Waals surface area contributed by atoms with Crippen molar-refractivity contribution in [1.82, 2.24) is 29.3 Å². The van der Waals surface area contributed by atoms with Gasteiger partial charge in [0.05, 0.1) is 12.2 Å². The Balaban J connectivity index is 1.62. The first-order chi connectivity index (χ1) is 16.4. The lowest BCUT2D eigenvalue weighted by atomic mass is 10.2. The van der Waals surface area contributed by atoms with Gasteiger partial charge in [-0.1, -0.05) is 30.3 Å². The number of carbonyl (C=O) groups excluding carboxylic acids is 2. The number of tetrazole rings is 1. The number of esters is 1. The number of hydrogen-bond donors (Lipinski definition) is 1. The fourth-order valence-corrected chi connectivity index (χ4v) is 4.12. The monoisotopic (exact) mass is 481 g/mol. The van der Waals surface area contributed by atoms with E-state index in [1.54, 1.807) is 42.6 Å². The van der Waals surface area contributed by atoms with Crippen LogP contribution in [0.3, 0.4) is 0 Å². The molecule has 13 heteroatoms. The van der Waals surface area contributed by atoms with Gasteiger partial charge in [-0.3, -0.25) is 18.7 Å². The molecule has 34 heavy (non-hydrogen) atoms. The van der Waals surface area contributed by atoms with Gasteiger partial charge in [-0.2, -0.15) is 4.68 Å². The Hall–Kier alpha value is -4.39. The van der Waals surface area contributed by atoms with Crippen molar-refractivity contribution in [3.8, 4) is 5.69 Å². The molecular weight excluding hydrogens is 462 g/mol. The summed E-state index contributed by atoms with van der Waals surface area (Å²) in [7, 11) is 0. The zero-order valence-electron chi connectivity index (χ0n) is 18.0. The Morgan fingerprint density at radius 3 is 2.56 bits per heavy atom. The van der Waals surface area contributed by atoms with Gasteiger partial charge in [0.25, 0.3) is 5.56 Å². The summed E-state index contributed by atoms with van der Waals surface area (Å²) in [5.41, 5.74) is 5.39. The average molecular weight is 481 g/mol. The molecule has 4 aromatic rings. The fourth-order valence-electron chi connectivity index (χ4n) is 3.35. The highest BCUT2D eigenvalue weighted by molar-refractivity contribution is 7.12. The predicted molar refractivity (Wildman–Crippen MR) is 122 cm³/mol. The number of thiophene rings is 1. The van der Waals surface area contributed by atoms with Crippen LogP contribution in [0.5, 0.6) is 0 Å². The number of aromatic nitrogens is 6. The summed E-state index contributed by atoms with van der Waals surface area (Å²) >= 11 is 1.08. The highest BCUT2D eigenvalue weighted by Crippen LogP contribution is 2.21. The van der Waals surface area contributed by atoms with Crippen LogP contribution in [0.1, 0.15) is 32.5 Å². The number of Topliss-reactive ketones (excluding diaryl/α,β-unsaturated/α-hetero) is 1. The second-order valence-electron chi connectivity index (χ2n) is 7.05. The lowest BCUT2D eigenvalue weighted by molar-refractivity contribution is 0.0479. The average Bonchev–Trinajstić information content (AvgIpc) is 3.53. The smallest absolute Gasteiger partial charge is 0.351 e. The van der Waals surface area contributed by atoms with Crippen molar-refractivity contribution >= 4 is 28.9 Å². The van der Waals surface area contributed by atoms with Gasteiger partial charge in [-0.15, -0.1) is 16.4 Å². The summed E-state index contributed by atoms with van der Waals surface area (Å²) in [5.74, 6) is -1.89. The third-order valence-corrected chi connectivity index (χ3v) is 5.89. The first-order valence-corrected chi connectivity index (χ1v) is 11.0. The van der Waals surface area contributed by atoms with Crippen LogP contribution in [0.25, 0.3) is 5.69 Å². The number of nitrogens with zero attached hydrogens (tertiary/aromatic N) is 6. The van der Waals surface area contributed by atoms with E-state index in [9.17, 15) is 19.2 Å². The first-order valence-electron chi connectivity index (χ1n) is 10.1. The SMILES string of the molecule is CCn1c(=O)c(C(=O)COC(=O)c2sccc2-n2cnnn2)c(N)n(Cc2ccccc2)c1=O. The Morgan fingerprint density at radius 2 is 1.88 bits per heavy atom. The quantitative estimate of drug-likeness (QED) is 0.283. The second-order valence-corrected chi connectivity index (χ2v) is 7.97. The molecule has 174 valence electrons. The summed E-state index contributed by atoms with van der Waals surface area (Å²) in [5, 5.41) is 12.4. The fraction of sp³-hybridized carbons (Fsp3) is 0.190. The van der Waals surface area contributed by atoms with E-state index in [0.717, 1.165) is 26.0 Å². The normalized spacial score (nSPS) is 10.9. The van der Waals surface area contributed by atoms with Crippen LogP contribution in [0.2, 0.25) is 0 Å². The van der Waals surface area contributed by atoms with E-state index in [2.05, 4.69) is 15.5 Å². The molecule has 0 amide bonds. The third kappa shape index (κ3) is 4.28. The molecule has 0 saturated heterocycles. The summed E-state index contributed by atoms with van der Waals surface area (Å²) in [4.78, 5) is 51.4. The summed E-state index contributed by atoms with van der Waals surface area (Å²) in [6, 6.07) is 10.6. The van der Waals surface area contributed by atoms with Crippen LogP contribution in [0.4, 0.5) is 5.82 Å². The molecule has 12 nitrogen and oxygen atoms in total. The highest BCUT2D eigenvalue weighted by Gasteiger charge is 2.25. The van der Waals surface area contributed by atoms with Crippen molar-refractivity contribution < 1.29 is 14.3 Å². The van der Waals surface area contributed by atoms with Crippen molar-refractivity contribution in [3.63, 3.8) is 0 Å². The number of nitrogen functional groups attached to an aromatic ring is 1. The van der Waals surface area contributed by atoms with Crippen LogP contribution < -0.4 is 17.0 Å². The molecule has 4 rings (SSSR count). The summed E-state index contributed by atoms with van der Waals surface area (Å²) in [6.45, 7) is 0.976. The number of benzene rings is 1. The van der Waals surface area contributed by atoms with Crippen molar-refractivity contribution in [3.05, 3.63) is 84.9 Å². The molecule has 0 spiro atoms. The molecule has 0 saturated carbocycles. The van der Waals surface area contributed by atoms with Gasteiger partial charge in [0, 0.05) is 6.54 Å². The molecule has 0 aliphatic rings. The number of rotatable bonds is 8. The Bertz CT molecular complexity index is 1460. The van der Waals surface area contributed by atoms with Crippen LogP contribution >= 0.6 is 11.3 Å². The topological polar surface area (TPSA) is 157 Å². The maximum atomic E-state index is 12.9. The second kappa shape index (κ2) is 9.62. The largest absolute Gasteiger partial charge is 0.453 e. The zero-order valence-corrected chi connectivity index (χ0v) is 18.8. The van der Waals surface area contributed by atoms with Gasteiger partial charge in [-0.25, -0.2) is 9.59 Å². The molecule has 0 bridgehead atoms. The molecule has 3 heterocycles. The van der Waals surface area contributed by atoms with Crippen LogP contribution in [-0.4, -0.2) is 47.7 Å². The van der Waals surface area contributed by atoms with Crippen molar-refractivity contribution in [1.29, 1.82) is 0 Å². The first kappa shape index (κ1) is 22.8. The van der Waals surface area contributed by atoms with E-state index in [1.165, 1.54) is 11.0 Å². The van der Waals surface area contributed by atoms with Crippen LogP contribution in [0, 0.1) is 0 Å². The number of ether oxygens (including phenoxy) is 1. The zero-order chi connectivity index (χ0) is 24.2. The van der Waals surface area contributed by atoms with Crippen LogP contribution in [0.15, 0.2) is 57.7 Å². The minimum atomic E-state index is -0.833. The number of hydrogen-bond acceptors (Lipinski definition) is 10. The predicted octanol–water partition coefficient (Wildman–Crippen LogP) is 0.737. The Labute approximate surface area is 195 Å². The van der Waals surface area contributed by atoms with Crippen molar-refractivity contribution in [2.45, 2.75) is 20.0 Å². The van der Waals surface area contributed by atoms with E-state index in [1.807, 2.05) is 6.07 Å². The molecular formula is C21H19N7O5S. The molecule has 1 aromatic carbocycles. The molecule has 0 atom stereocenters. The summed E-state index contributed by atoms with van der Waals surface area (Å²) < 4.78 is 8.52. The minimum absolute atomic E-state index is 0.0390. The Kier molecular flexibility index (Phi) is 6.45. The molecule has 0 aliphatic heterocycles. The van der Waals surface area contributed by atoms with Gasteiger partial charge in [0.1, 0.15) is 22.6 Å². The van der Waals surface area contributed by atoms with Gasteiger partial charge in [-0.05, 0) is 34.4 Å². The van der Waals surface area contributed by atoms with E-state index < -0.39 is 35.2 Å². The van der Waals surface area contributed by atoms with E-state index >= 15 is 0 Å². The lowest BCUT2D eigenvalue weighted by Gasteiger charge is -2.15. The molecule has 0 unspecified atom stereocenters. The molecule has 0 aliphatic carbocycles. The number of anilines is 1. The standard InChI is InChI=1S/C21H19N7O5S/c1-2-26-19(30)16(18(22)27(21(26)32)10-13-6-4-3-5-7-13)15(29)11-33-20(31)17-14(8-9-34-17)28-12-23-24-25-28/h3-9,12H,2,10-11,22H2,1H3. The number of nitrogens with two attached hydrogens (primary N) is 1. The van der Waals surface area contributed by atoms with E-state index in [-0.39, 0.29) is 23.8 Å². The van der Waals surface area contributed by atoms with Crippen LogP contribution in [-0.2, 0) is 17.8 Å². The maximum Gasteiger partial charge on any atom is 0.351 e. The summed E-state index contributed by atoms with van der Waals surface area (Å²) in [6.07, 6.45) is 1.31. The molecule has 0 radical (unpaired) electrons. The lowest BCUT2D eigenvalue weighted by Crippen LogP contribution is -2.44.